The normalized spacial score (nSPS) is 11.6. The number of nitrogens with zero attached hydrogens (tertiary/aromatic N) is 3. The van der Waals surface area contributed by atoms with Crippen molar-refractivity contribution in [2.45, 2.75) is 18.6 Å². The quantitative estimate of drug-likeness (QED) is 0.392. The van der Waals surface area contributed by atoms with Crippen molar-refractivity contribution >= 4 is 41.0 Å². The average Bonchev–Trinajstić information content (AvgIpc) is 3.04. The molecule has 0 bridgehead atoms. The Balaban J connectivity index is 1.51. The minimum atomic E-state index is -0.158. The summed E-state index contributed by atoms with van der Waals surface area (Å²) >= 11 is 1.41. The van der Waals surface area contributed by atoms with Gasteiger partial charge in [-0.15, -0.1) is 0 Å². The van der Waals surface area contributed by atoms with Crippen LogP contribution in [-0.2, 0) is 11.3 Å². The van der Waals surface area contributed by atoms with Gasteiger partial charge in [-0.2, -0.15) is 5.10 Å². The zero-order chi connectivity index (χ0) is 18.2. The molecule has 3 rings (SSSR count). The van der Waals surface area contributed by atoms with E-state index < -0.39 is 0 Å². The van der Waals surface area contributed by atoms with Crippen molar-refractivity contribution in [3.8, 4) is 0 Å². The minimum Gasteiger partial charge on any atom is -0.319 e. The lowest BCUT2D eigenvalue weighted by Crippen LogP contribution is -2.19. The zero-order valence-electron chi connectivity index (χ0n) is 14.5. The summed E-state index contributed by atoms with van der Waals surface area (Å²) in [4.78, 5) is 16.6. The van der Waals surface area contributed by atoms with Gasteiger partial charge in [-0.3, -0.25) is 4.79 Å². The highest BCUT2D eigenvalue weighted by Gasteiger charge is 2.11. The largest absolute Gasteiger partial charge is 0.319 e. The summed E-state index contributed by atoms with van der Waals surface area (Å²) in [6, 6.07) is 17.9. The molecule has 1 amide bonds. The SMILES string of the molecule is CCn1c(SCC(=O)N/N=C/C=C/c2ccccc2)nc2ccccc21. The standard InChI is InChI=1S/C20H20N4OS/c1-2-24-18-13-7-6-12-17(18)22-20(24)26-15-19(25)23-21-14-8-11-16-9-4-3-5-10-16/h3-14H,2,15H2,1H3,(H,23,25)/b11-8+,21-14+. The minimum absolute atomic E-state index is 0.158. The molecule has 0 spiro atoms. The van der Waals surface area contributed by atoms with Crippen molar-refractivity contribution in [2.24, 2.45) is 5.10 Å². The van der Waals surface area contributed by atoms with Gasteiger partial charge in [0.1, 0.15) is 0 Å². The second-order valence-corrected chi connectivity index (χ2v) is 6.44. The van der Waals surface area contributed by atoms with Gasteiger partial charge in [0, 0.05) is 12.8 Å². The zero-order valence-corrected chi connectivity index (χ0v) is 15.3. The summed E-state index contributed by atoms with van der Waals surface area (Å²) in [6.07, 6.45) is 5.28. The van der Waals surface area contributed by atoms with Crippen LogP contribution < -0.4 is 5.43 Å². The molecular formula is C20H20N4OS. The second-order valence-electron chi connectivity index (χ2n) is 5.50. The number of thioether (sulfide) groups is 1. The number of carbonyl (C=O) groups excluding carboxylic acids is 1. The number of allylic oxidation sites excluding steroid dienone is 1. The highest BCUT2D eigenvalue weighted by molar-refractivity contribution is 7.99. The Morgan fingerprint density at radius 1 is 1.19 bits per heavy atom. The summed E-state index contributed by atoms with van der Waals surface area (Å²) in [7, 11) is 0. The van der Waals surface area contributed by atoms with Gasteiger partial charge in [-0.25, -0.2) is 10.4 Å². The van der Waals surface area contributed by atoms with Gasteiger partial charge in [-0.05, 0) is 30.7 Å². The van der Waals surface area contributed by atoms with Gasteiger partial charge >= 0.3 is 0 Å². The number of imidazole rings is 1. The first-order chi connectivity index (χ1) is 12.8. The molecule has 3 aromatic rings. The monoisotopic (exact) mass is 364 g/mol. The fraction of sp³-hybridized carbons (Fsp3) is 0.150. The number of nitrogens with one attached hydrogen (secondary N) is 1. The maximum atomic E-state index is 12.0. The van der Waals surface area contributed by atoms with Gasteiger partial charge in [0.15, 0.2) is 5.16 Å². The van der Waals surface area contributed by atoms with E-state index in [1.54, 1.807) is 12.3 Å². The van der Waals surface area contributed by atoms with Crippen LogP contribution in [0.5, 0.6) is 0 Å². The smallest absolute Gasteiger partial charge is 0.250 e. The third kappa shape index (κ3) is 4.61. The summed E-state index contributed by atoms with van der Waals surface area (Å²) < 4.78 is 2.11. The number of hydrogen-bond donors (Lipinski definition) is 1. The lowest BCUT2D eigenvalue weighted by Gasteiger charge is -2.04. The van der Waals surface area contributed by atoms with E-state index in [1.165, 1.54) is 11.8 Å². The summed E-state index contributed by atoms with van der Waals surface area (Å²) in [5.41, 5.74) is 5.65. The van der Waals surface area contributed by atoms with E-state index >= 15 is 0 Å². The topological polar surface area (TPSA) is 59.3 Å². The first kappa shape index (κ1) is 17.9. The Labute approximate surface area is 156 Å². The van der Waals surface area contributed by atoms with Crippen LogP contribution in [0.1, 0.15) is 12.5 Å². The van der Waals surface area contributed by atoms with Gasteiger partial charge in [0.2, 0.25) is 0 Å². The molecule has 1 aromatic heterocycles. The number of rotatable bonds is 7. The molecule has 0 aliphatic rings. The molecule has 0 atom stereocenters. The second kappa shape index (κ2) is 9.01. The van der Waals surface area contributed by atoms with E-state index in [1.807, 2.05) is 60.7 Å². The van der Waals surface area contributed by atoms with E-state index in [9.17, 15) is 4.79 Å². The first-order valence-corrected chi connectivity index (χ1v) is 9.38. The average molecular weight is 364 g/mol. The van der Waals surface area contributed by atoms with Crippen molar-refractivity contribution in [1.82, 2.24) is 15.0 Å². The highest BCUT2D eigenvalue weighted by atomic mass is 32.2. The molecule has 0 saturated carbocycles. The van der Waals surface area contributed by atoms with Crippen LogP contribution in [-0.4, -0.2) is 27.4 Å². The van der Waals surface area contributed by atoms with Crippen LogP contribution in [0.25, 0.3) is 17.1 Å². The Morgan fingerprint density at radius 3 is 2.77 bits per heavy atom. The number of para-hydroxylation sites is 2. The van der Waals surface area contributed by atoms with E-state index in [0.29, 0.717) is 0 Å². The molecule has 1 heterocycles. The van der Waals surface area contributed by atoms with Gasteiger partial charge in [0.25, 0.3) is 5.91 Å². The van der Waals surface area contributed by atoms with E-state index in [-0.39, 0.29) is 11.7 Å². The molecular weight excluding hydrogens is 344 g/mol. The number of aryl methyl sites for hydroxylation is 1. The Morgan fingerprint density at radius 2 is 1.96 bits per heavy atom. The molecule has 2 aromatic carbocycles. The third-order valence-electron chi connectivity index (χ3n) is 3.71. The van der Waals surface area contributed by atoms with Crippen molar-refractivity contribution in [2.75, 3.05) is 5.75 Å². The number of amides is 1. The highest BCUT2D eigenvalue weighted by Crippen LogP contribution is 2.23. The van der Waals surface area contributed by atoms with Crippen LogP contribution in [0.15, 0.2) is 70.9 Å². The number of carbonyl (C=O) groups is 1. The Hall–Kier alpha value is -2.86. The maximum absolute atomic E-state index is 12.0. The summed E-state index contributed by atoms with van der Waals surface area (Å²) in [5, 5.41) is 4.78. The molecule has 26 heavy (non-hydrogen) atoms. The third-order valence-corrected chi connectivity index (χ3v) is 4.68. The van der Waals surface area contributed by atoms with Crippen LogP contribution >= 0.6 is 11.8 Å². The molecule has 0 aliphatic heterocycles. The number of benzene rings is 2. The number of hydrazone groups is 1. The molecule has 0 aliphatic carbocycles. The van der Waals surface area contributed by atoms with E-state index in [2.05, 4.69) is 27.0 Å². The molecule has 1 N–H and O–H groups in total. The maximum Gasteiger partial charge on any atom is 0.250 e. The number of aromatic nitrogens is 2. The molecule has 0 fully saturated rings. The lowest BCUT2D eigenvalue weighted by atomic mass is 10.2. The van der Waals surface area contributed by atoms with E-state index in [0.717, 1.165) is 28.3 Å². The van der Waals surface area contributed by atoms with Crippen LogP contribution in [0.2, 0.25) is 0 Å². The molecule has 132 valence electrons. The van der Waals surface area contributed by atoms with Crippen molar-refractivity contribution in [3.63, 3.8) is 0 Å². The summed E-state index contributed by atoms with van der Waals surface area (Å²) in [5.74, 6) is 0.109. The predicted molar refractivity (Wildman–Crippen MR) is 108 cm³/mol. The van der Waals surface area contributed by atoms with E-state index in [4.69, 9.17) is 0 Å². The van der Waals surface area contributed by atoms with Gasteiger partial charge < -0.3 is 4.57 Å². The van der Waals surface area contributed by atoms with Crippen molar-refractivity contribution in [3.05, 3.63) is 66.2 Å². The fourth-order valence-electron chi connectivity index (χ4n) is 2.50. The number of fused-ring (bicyclic) bond motifs is 1. The van der Waals surface area contributed by atoms with Crippen LogP contribution in [0.4, 0.5) is 0 Å². The van der Waals surface area contributed by atoms with Crippen LogP contribution in [0, 0.1) is 0 Å². The Kier molecular flexibility index (Phi) is 6.22. The number of hydrogen-bond acceptors (Lipinski definition) is 4. The molecule has 0 unspecified atom stereocenters. The fourth-order valence-corrected chi connectivity index (χ4v) is 3.37. The molecule has 0 saturated heterocycles. The van der Waals surface area contributed by atoms with Gasteiger partial charge in [0.05, 0.1) is 16.8 Å². The van der Waals surface area contributed by atoms with Gasteiger partial charge in [-0.1, -0.05) is 60.3 Å². The predicted octanol–water partition coefficient (Wildman–Crippen LogP) is 3.96. The van der Waals surface area contributed by atoms with Crippen LogP contribution in [0.3, 0.4) is 0 Å². The van der Waals surface area contributed by atoms with Crippen molar-refractivity contribution < 1.29 is 4.79 Å². The Bertz CT molecular complexity index is 931. The summed E-state index contributed by atoms with van der Waals surface area (Å²) in [6.45, 7) is 2.88. The molecule has 5 nitrogen and oxygen atoms in total. The first-order valence-electron chi connectivity index (χ1n) is 8.39. The molecule has 6 heteroatoms. The lowest BCUT2D eigenvalue weighted by molar-refractivity contribution is -0.118. The molecule has 0 radical (unpaired) electrons. The van der Waals surface area contributed by atoms with Crippen molar-refractivity contribution in [1.29, 1.82) is 0 Å².